The molecule has 0 unspecified atom stereocenters. The summed E-state index contributed by atoms with van der Waals surface area (Å²) in [6.45, 7) is 6.63. The molecule has 1 aliphatic carbocycles. The van der Waals surface area contributed by atoms with Gasteiger partial charge in [0.2, 0.25) is 0 Å². The van der Waals surface area contributed by atoms with Crippen LogP contribution in [0.4, 0.5) is 0 Å². The lowest BCUT2D eigenvalue weighted by Crippen LogP contribution is -2.37. The SMILES string of the molecule is Cc1cc2[nH]c(=S)n(C3(C)CCC3)c2cc1C. The largest absolute Gasteiger partial charge is 0.331 e. The third kappa shape index (κ3) is 1.48. The molecule has 0 aliphatic heterocycles. The van der Waals surface area contributed by atoms with Gasteiger partial charge < -0.3 is 9.55 Å². The van der Waals surface area contributed by atoms with Gasteiger partial charge in [0.1, 0.15) is 0 Å². The van der Waals surface area contributed by atoms with E-state index in [2.05, 4.69) is 42.5 Å². The van der Waals surface area contributed by atoms with Crippen molar-refractivity contribution in [1.82, 2.24) is 9.55 Å². The lowest BCUT2D eigenvalue weighted by atomic mass is 9.78. The summed E-state index contributed by atoms with van der Waals surface area (Å²) >= 11 is 5.50. The van der Waals surface area contributed by atoms with Crippen molar-refractivity contribution in [2.45, 2.75) is 45.6 Å². The van der Waals surface area contributed by atoms with E-state index in [9.17, 15) is 0 Å². The number of imidazole rings is 1. The maximum absolute atomic E-state index is 5.50. The minimum Gasteiger partial charge on any atom is -0.331 e. The monoisotopic (exact) mass is 246 g/mol. The third-order valence-electron chi connectivity index (χ3n) is 4.27. The molecule has 2 aromatic rings. The van der Waals surface area contributed by atoms with Crippen LogP contribution >= 0.6 is 12.2 Å². The normalized spacial score (nSPS) is 18.3. The van der Waals surface area contributed by atoms with E-state index in [0.29, 0.717) is 0 Å². The number of H-pyrrole nitrogens is 1. The second kappa shape index (κ2) is 3.45. The first-order valence-electron chi connectivity index (χ1n) is 6.24. The average molecular weight is 246 g/mol. The molecular weight excluding hydrogens is 228 g/mol. The average Bonchev–Trinajstić information content (AvgIpc) is 2.52. The van der Waals surface area contributed by atoms with Gasteiger partial charge in [-0.1, -0.05) is 0 Å². The highest BCUT2D eigenvalue weighted by molar-refractivity contribution is 7.71. The number of aromatic nitrogens is 2. The van der Waals surface area contributed by atoms with Crippen molar-refractivity contribution in [3.05, 3.63) is 28.0 Å². The standard InChI is InChI=1S/C14H18N2S/c1-9-7-11-12(8-10(9)2)16(13(17)15-11)14(3)5-4-6-14/h7-8H,4-6H2,1-3H3,(H,15,17). The summed E-state index contributed by atoms with van der Waals surface area (Å²) in [6, 6.07) is 4.47. The molecule has 0 spiro atoms. The molecule has 90 valence electrons. The van der Waals surface area contributed by atoms with Crippen LogP contribution in [0.2, 0.25) is 0 Å². The van der Waals surface area contributed by atoms with E-state index in [1.54, 1.807) is 0 Å². The van der Waals surface area contributed by atoms with Gasteiger partial charge in [-0.3, -0.25) is 0 Å². The van der Waals surface area contributed by atoms with Crippen molar-refractivity contribution in [3.63, 3.8) is 0 Å². The van der Waals surface area contributed by atoms with Gasteiger partial charge in [0.25, 0.3) is 0 Å². The molecule has 1 aromatic heterocycles. The van der Waals surface area contributed by atoms with Gasteiger partial charge in [0, 0.05) is 5.54 Å². The first-order valence-corrected chi connectivity index (χ1v) is 6.65. The van der Waals surface area contributed by atoms with Gasteiger partial charge >= 0.3 is 0 Å². The summed E-state index contributed by atoms with van der Waals surface area (Å²) in [5, 5.41) is 0. The molecule has 0 bridgehead atoms. The molecule has 1 fully saturated rings. The summed E-state index contributed by atoms with van der Waals surface area (Å²) in [5.41, 5.74) is 5.33. The molecule has 0 saturated heterocycles. The zero-order valence-corrected chi connectivity index (χ0v) is 11.4. The predicted octanol–water partition coefficient (Wildman–Crippen LogP) is 4.21. The molecule has 1 saturated carbocycles. The Hall–Kier alpha value is -1.09. The van der Waals surface area contributed by atoms with Gasteiger partial charge in [-0.2, -0.15) is 0 Å². The fourth-order valence-electron chi connectivity index (χ4n) is 2.81. The summed E-state index contributed by atoms with van der Waals surface area (Å²) < 4.78 is 3.19. The smallest absolute Gasteiger partial charge is 0.178 e. The van der Waals surface area contributed by atoms with Crippen LogP contribution in [0.5, 0.6) is 0 Å². The van der Waals surface area contributed by atoms with E-state index >= 15 is 0 Å². The Morgan fingerprint density at radius 2 is 1.88 bits per heavy atom. The third-order valence-corrected chi connectivity index (χ3v) is 4.55. The lowest BCUT2D eigenvalue weighted by molar-refractivity contribution is 0.172. The number of aryl methyl sites for hydroxylation is 2. The summed E-state index contributed by atoms with van der Waals surface area (Å²) in [4.78, 5) is 3.35. The summed E-state index contributed by atoms with van der Waals surface area (Å²) in [5.74, 6) is 0. The van der Waals surface area contributed by atoms with Gasteiger partial charge in [-0.05, 0) is 75.5 Å². The number of benzene rings is 1. The Morgan fingerprint density at radius 3 is 2.47 bits per heavy atom. The topological polar surface area (TPSA) is 20.7 Å². The van der Waals surface area contributed by atoms with Gasteiger partial charge in [-0.25, -0.2) is 0 Å². The minimum atomic E-state index is 0.233. The van der Waals surface area contributed by atoms with Crippen molar-refractivity contribution >= 4 is 23.3 Å². The second-order valence-electron chi connectivity index (χ2n) is 5.57. The number of rotatable bonds is 1. The van der Waals surface area contributed by atoms with E-state index in [-0.39, 0.29) is 5.54 Å². The fourth-order valence-corrected chi connectivity index (χ4v) is 3.24. The van der Waals surface area contributed by atoms with E-state index in [4.69, 9.17) is 12.2 Å². The van der Waals surface area contributed by atoms with Crippen LogP contribution in [0.15, 0.2) is 12.1 Å². The van der Waals surface area contributed by atoms with Crippen LogP contribution in [0.1, 0.15) is 37.3 Å². The van der Waals surface area contributed by atoms with Crippen molar-refractivity contribution in [2.24, 2.45) is 0 Å². The molecule has 1 aromatic carbocycles. The van der Waals surface area contributed by atoms with Crippen molar-refractivity contribution in [3.8, 4) is 0 Å². The van der Waals surface area contributed by atoms with Crippen LogP contribution in [0, 0.1) is 18.6 Å². The van der Waals surface area contributed by atoms with E-state index in [1.807, 2.05) is 0 Å². The molecule has 0 amide bonds. The highest BCUT2D eigenvalue weighted by atomic mass is 32.1. The number of aromatic amines is 1. The summed E-state index contributed by atoms with van der Waals surface area (Å²) in [7, 11) is 0. The first kappa shape index (κ1) is 11.0. The van der Waals surface area contributed by atoms with Crippen LogP contribution in [0.3, 0.4) is 0 Å². The van der Waals surface area contributed by atoms with Gasteiger partial charge in [0.05, 0.1) is 11.0 Å². The molecule has 3 rings (SSSR count). The van der Waals surface area contributed by atoms with Crippen LogP contribution in [-0.2, 0) is 5.54 Å². The molecule has 0 atom stereocenters. The van der Waals surface area contributed by atoms with Crippen LogP contribution < -0.4 is 0 Å². The van der Waals surface area contributed by atoms with E-state index in [0.717, 1.165) is 4.77 Å². The number of nitrogens with zero attached hydrogens (tertiary/aromatic N) is 1. The van der Waals surface area contributed by atoms with Crippen LogP contribution in [-0.4, -0.2) is 9.55 Å². The van der Waals surface area contributed by atoms with Crippen LogP contribution in [0.25, 0.3) is 11.0 Å². The predicted molar refractivity (Wildman–Crippen MR) is 74.1 cm³/mol. The Morgan fingerprint density at radius 1 is 1.24 bits per heavy atom. The Bertz CT molecular complexity index is 644. The van der Waals surface area contributed by atoms with Crippen molar-refractivity contribution < 1.29 is 0 Å². The molecule has 0 radical (unpaired) electrons. The molecule has 2 nitrogen and oxygen atoms in total. The van der Waals surface area contributed by atoms with E-state index < -0.39 is 0 Å². The maximum Gasteiger partial charge on any atom is 0.178 e. The Labute approximate surface area is 107 Å². The molecular formula is C14H18N2S. The zero-order valence-electron chi connectivity index (χ0n) is 10.6. The molecule has 1 aliphatic rings. The van der Waals surface area contributed by atoms with Gasteiger partial charge in [-0.15, -0.1) is 0 Å². The quantitative estimate of drug-likeness (QED) is 0.747. The highest BCUT2D eigenvalue weighted by Crippen LogP contribution is 2.41. The van der Waals surface area contributed by atoms with Crippen molar-refractivity contribution in [1.29, 1.82) is 0 Å². The highest BCUT2D eigenvalue weighted by Gasteiger charge is 2.35. The number of hydrogen-bond acceptors (Lipinski definition) is 1. The van der Waals surface area contributed by atoms with E-state index in [1.165, 1.54) is 41.4 Å². The molecule has 1 heterocycles. The second-order valence-corrected chi connectivity index (χ2v) is 5.96. The number of nitrogens with one attached hydrogen (secondary N) is 1. The lowest BCUT2D eigenvalue weighted by Gasteiger charge is -2.40. The summed E-state index contributed by atoms with van der Waals surface area (Å²) in [6.07, 6.45) is 3.79. The minimum absolute atomic E-state index is 0.233. The number of fused-ring (bicyclic) bond motifs is 1. The Kier molecular flexibility index (Phi) is 2.24. The molecule has 1 N–H and O–H groups in total. The zero-order chi connectivity index (χ0) is 12.2. The maximum atomic E-state index is 5.50. The first-order chi connectivity index (χ1) is 8.01. The Balaban J connectivity index is 2.34. The molecule has 3 heteroatoms. The van der Waals surface area contributed by atoms with Gasteiger partial charge in [0.15, 0.2) is 4.77 Å². The number of hydrogen-bond donors (Lipinski definition) is 1. The fraction of sp³-hybridized carbons (Fsp3) is 0.500. The van der Waals surface area contributed by atoms with Crippen molar-refractivity contribution in [2.75, 3.05) is 0 Å². The molecule has 17 heavy (non-hydrogen) atoms.